The van der Waals surface area contributed by atoms with Crippen LogP contribution in [0.1, 0.15) is 35.0 Å². The SMILES string of the molecule is CNC(C(=O)N1CCCC(NC(=O)c2cc3ccccc3o2)C1)c1cnn(C)c1.Cl. The van der Waals surface area contributed by atoms with E-state index in [1.54, 1.807) is 28.9 Å². The van der Waals surface area contributed by atoms with Crippen LogP contribution < -0.4 is 10.6 Å². The van der Waals surface area contributed by atoms with Crippen LogP contribution in [0.25, 0.3) is 11.0 Å². The van der Waals surface area contributed by atoms with Gasteiger partial charge in [-0.3, -0.25) is 14.3 Å². The molecule has 2 unspecified atom stereocenters. The van der Waals surface area contributed by atoms with Crippen molar-refractivity contribution in [2.24, 2.45) is 7.05 Å². The van der Waals surface area contributed by atoms with Gasteiger partial charge in [-0.1, -0.05) is 18.2 Å². The number of benzene rings is 1. The number of carbonyl (C=O) groups excluding carboxylic acids is 2. The van der Waals surface area contributed by atoms with Crippen LogP contribution in [-0.4, -0.2) is 52.7 Å². The van der Waals surface area contributed by atoms with Gasteiger partial charge >= 0.3 is 0 Å². The highest BCUT2D eigenvalue weighted by molar-refractivity contribution is 5.96. The molecule has 0 saturated carbocycles. The summed E-state index contributed by atoms with van der Waals surface area (Å²) in [5, 5.41) is 11.1. The molecule has 1 saturated heterocycles. The number of para-hydroxylation sites is 1. The maximum absolute atomic E-state index is 13.1. The largest absolute Gasteiger partial charge is 0.451 e. The second-order valence-corrected chi connectivity index (χ2v) is 7.41. The number of halogens is 1. The molecule has 4 rings (SSSR count). The molecule has 2 N–H and O–H groups in total. The summed E-state index contributed by atoms with van der Waals surface area (Å²) in [7, 11) is 3.59. The minimum atomic E-state index is -0.450. The van der Waals surface area contributed by atoms with Gasteiger partial charge < -0.3 is 20.0 Å². The van der Waals surface area contributed by atoms with Gasteiger partial charge in [0.05, 0.1) is 6.20 Å². The first-order chi connectivity index (χ1) is 14.0. The Kier molecular flexibility index (Phi) is 6.79. The van der Waals surface area contributed by atoms with E-state index in [0.717, 1.165) is 23.8 Å². The number of piperidine rings is 1. The van der Waals surface area contributed by atoms with Gasteiger partial charge in [-0.15, -0.1) is 12.4 Å². The van der Waals surface area contributed by atoms with Gasteiger partial charge in [-0.2, -0.15) is 5.10 Å². The molecule has 8 nitrogen and oxygen atoms in total. The lowest BCUT2D eigenvalue weighted by atomic mass is 10.0. The van der Waals surface area contributed by atoms with E-state index in [9.17, 15) is 9.59 Å². The lowest BCUT2D eigenvalue weighted by molar-refractivity contribution is -0.134. The van der Waals surface area contributed by atoms with Gasteiger partial charge in [0, 0.05) is 43.3 Å². The highest BCUT2D eigenvalue weighted by Gasteiger charge is 2.30. The Labute approximate surface area is 181 Å². The van der Waals surface area contributed by atoms with E-state index in [1.807, 2.05) is 37.5 Å². The van der Waals surface area contributed by atoms with Crippen molar-refractivity contribution in [1.29, 1.82) is 0 Å². The molecule has 0 radical (unpaired) electrons. The molecule has 3 aromatic rings. The number of carbonyl (C=O) groups is 2. The minimum absolute atomic E-state index is 0. The molecule has 160 valence electrons. The summed E-state index contributed by atoms with van der Waals surface area (Å²) in [4.78, 5) is 27.5. The molecule has 0 bridgehead atoms. The first-order valence-electron chi connectivity index (χ1n) is 9.79. The predicted octanol–water partition coefficient (Wildman–Crippen LogP) is 2.27. The molecule has 1 fully saturated rings. The minimum Gasteiger partial charge on any atom is -0.451 e. The number of amides is 2. The highest BCUT2D eigenvalue weighted by Crippen LogP contribution is 2.21. The van der Waals surface area contributed by atoms with E-state index < -0.39 is 6.04 Å². The van der Waals surface area contributed by atoms with Crippen LogP contribution in [0.3, 0.4) is 0 Å². The van der Waals surface area contributed by atoms with Crippen LogP contribution in [-0.2, 0) is 11.8 Å². The molecule has 0 aliphatic carbocycles. The molecular weight excluding hydrogens is 406 g/mol. The lowest BCUT2D eigenvalue weighted by Crippen LogP contribution is -2.51. The van der Waals surface area contributed by atoms with Crippen molar-refractivity contribution >= 4 is 35.2 Å². The average molecular weight is 432 g/mol. The van der Waals surface area contributed by atoms with Crippen molar-refractivity contribution in [2.45, 2.75) is 24.9 Å². The zero-order valence-electron chi connectivity index (χ0n) is 17.0. The second kappa shape index (κ2) is 9.32. The van der Waals surface area contributed by atoms with Crippen molar-refractivity contribution < 1.29 is 14.0 Å². The Balaban J connectivity index is 0.00000256. The smallest absolute Gasteiger partial charge is 0.287 e. The molecule has 2 aromatic heterocycles. The van der Waals surface area contributed by atoms with E-state index in [4.69, 9.17) is 4.42 Å². The number of likely N-dealkylation sites (N-methyl/N-ethyl adjacent to an activating group) is 1. The number of rotatable bonds is 5. The van der Waals surface area contributed by atoms with Crippen molar-refractivity contribution in [3.63, 3.8) is 0 Å². The van der Waals surface area contributed by atoms with Crippen LogP contribution in [0.2, 0.25) is 0 Å². The van der Waals surface area contributed by atoms with Crippen LogP contribution in [0.15, 0.2) is 47.1 Å². The predicted molar refractivity (Wildman–Crippen MR) is 116 cm³/mol. The third kappa shape index (κ3) is 4.49. The fourth-order valence-corrected chi connectivity index (χ4v) is 3.85. The molecule has 9 heteroatoms. The van der Waals surface area contributed by atoms with Gasteiger partial charge in [0.1, 0.15) is 11.6 Å². The molecule has 2 atom stereocenters. The summed E-state index contributed by atoms with van der Waals surface area (Å²) >= 11 is 0. The number of aryl methyl sites for hydroxylation is 1. The van der Waals surface area contributed by atoms with Gasteiger partial charge in [-0.05, 0) is 32.0 Å². The van der Waals surface area contributed by atoms with E-state index >= 15 is 0 Å². The Bertz CT molecular complexity index is 998. The number of fused-ring (bicyclic) bond motifs is 1. The van der Waals surface area contributed by atoms with Gasteiger partial charge in [0.2, 0.25) is 5.91 Å². The van der Waals surface area contributed by atoms with Crippen LogP contribution in [0.4, 0.5) is 0 Å². The van der Waals surface area contributed by atoms with Gasteiger partial charge in [0.25, 0.3) is 5.91 Å². The molecule has 3 heterocycles. The summed E-state index contributed by atoms with van der Waals surface area (Å²) < 4.78 is 7.33. The van der Waals surface area contributed by atoms with Crippen molar-refractivity contribution in [1.82, 2.24) is 25.3 Å². The molecule has 30 heavy (non-hydrogen) atoms. The zero-order chi connectivity index (χ0) is 20.4. The van der Waals surface area contributed by atoms with E-state index in [-0.39, 0.29) is 36.0 Å². The number of hydrogen-bond donors (Lipinski definition) is 2. The lowest BCUT2D eigenvalue weighted by Gasteiger charge is -2.35. The summed E-state index contributed by atoms with van der Waals surface area (Å²) in [5.74, 6) is 0.0271. The van der Waals surface area contributed by atoms with Crippen LogP contribution in [0, 0.1) is 0 Å². The summed E-state index contributed by atoms with van der Waals surface area (Å²) in [5.41, 5.74) is 1.51. The monoisotopic (exact) mass is 431 g/mol. The summed E-state index contributed by atoms with van der Waals surface area (Å²) in [6.07, 6.45) is 5.20. The maximum Gasteiger partial charge on any atom is 0.287 e. The Morgan fingerprint density at radius 2 is 2.10 bits per heavy atom. The average Bonchev–Trinajstić information content (AvgIpc) is 3.35. The number of aromatic nitrogens is 2. The number of likely N-dealkylation sites (tertiary alicyclic amines) is 1. The summed E-state index contributed by atoms with van der Waals surface area (Å²) in [6.45, 7) is 1.15. The van der Waals surface area contributed by atoms with E-state index in [2.05, 4.69) is 15.7 Å². The third-order valence-corrected chi connectivity index (χ3v) is 5.31. The molecule has 2 amide bonds. The Morgan fingerprint density at radius 1 is 1.30 bits per heavy atom. The zero-order valence-corrected chi connectivity index (χ0v) is 17.8. The summed E-state index contributed by atoms with van der Waals surface area (Å²) in [6, 6.07) is 8.71. The number of furan rings is 1. The molecule has 1 aliphatic rings. The first-order valence-corrected chi connectivity index (χ1v) is 9.79. The van der Waals surface area contributed by atoms with Crippen molar-refractivity contribution in [2.75, 3.05) is 20.1 Å². The maximum atomic E-state index is 13.1. The fourth-order valence-electron chi connectivity index (χ4n) is 3.85. The molecule has 1 aliphatic heterocycles. The van der Waals surface area contributed by atoms with Crippen LogP contribution in [0.5, 0.6) is 0 Å². The number of nitrogens with one attached hydrogen (secondary N) is 2. The molecular formula is C21H26ClN5O3. The molecule has 0 spiro atoms. The van der Waals surface area contributed by atoms with Crippen LogP contribution >= 0.6 is 12.4 Å². The van der Waals surface area contributed by atoms with Crippen molar-refractivity contribution in [3.05, 3.63) is 54.0 Å². The highest BCUT2D eigenvalue weighted by atomic mass is 35.5. The number of hydrogen-bond acceptors (Lipinski definition) is 5. The van der Waals surface area contributed by atoms with Gasteiger partial charge in [-0.25, -0.2) is 0 Å². The molecule has 1 aromatic carbocycles. The Hall–Kier alpha value is -2.84. The number of nitrogens with zero attached hydrogens (tertiary/aromatic N) is 3. The van der Waals surface area contributed by atoms with E-state index in [1.165, 1.54) is 0 Å². The normalized spacial score (nSPS) is 17.4. The quantitative estimate of drug-likeness (QED) is 0.646. The standard InChI is InChI=1S/C21H25N5O3.ClH/c1-22-19(15-11-23-25(2)12-15)21(28)26-9-5-7-16(13-26)24-20(27)18-10-14-6-3-4-8-17(14)29-18;/h3-4,6,8,10-12,16,19,22H,5,7,9,13H2,1-2H3,(H,24,27);1H. The fraction of sp³-hybridized carbons (Fsp3) is 0.381. The Morgan fingerprint density at radius 3 is 2.80 bits per heavy atom. The van der Waals surface area contributed by atoms with Gasteiger partial charge in [0.15, 0.2) is 5.76 Å². The van der Waals surface area contributed by atoms with E-state index in [0.29, 0.717) is 18.7 Å². The third-order valence-electron chi connectivity index (χ3n) is 5.31. The first kappa shape index (κ1) is 21.9. The van der Waals surface area contributed by atoms with Crippen molar-refractivity contribution in [3.8, 4) is 0 Å². The second-order valence-electron chi connectivity index (χ2n) is 7.41. The topological polar surface area (TPSA) is 92.4 Å².